The fourth-order valence-corrected chi connectivity index (χ4v) is 3.94. The van der Waals surface area contributed by atoms with E-state index in [1.807, 2.05) is 35.2 Å². The van der Waals surface area contributed by atoms with Crippen molar-refractivity contribution >= 4 is 11.8 Å². The molecule has 1 saturated carbocycles. The number of amides is 2. The second-order valence-corrected chi connectivity index (χ2v) is 8.16. The number of nitrogens with one attached hydrogen (secondary N) is 1. The van der Waals surface area contributed by atoms with Crippen LogP contribution in [0, 0.1) is 17.3 Å². The maximum absolute atomic E-state index is 12.7. The van der Waals surface area contributed by atoms with Crippen LogP contribution in [0.25, 0.3) is 0 Å². The second-order valence-electron chi connectivity index (χ2n) is 8.16. The highest BCUT2D eigenvalue weighted by Crippen LogP contribution is 2.59. The lowest BCUT2D eigenvalue weighted by Gasteiger charge is -2.17. The lowest BCUT2D eigenvalue weighted by atomic mass is 10.1. The highest BCUT2D eigenvalue weighted by molar-refractivity contribution is 5.91. The van der Waals surface area contributed by atoms with Gasteiger partial charge in [0.25, 0.3) is 0 Å². The largest absolute Gasteiger partial charge is 0.344 e. The molecule has 1 aromatic carbocycles. The van der Waals surface area contributed by atoms with Gasteiger partial charge in [0.2, 0.25) is 11.8 Å². The minimum Gasteiger partial charge on any atom is -0.344 e. The Morgan fingerprint density at radius 1 is 1.28 bits per heavy atom. The van der Waals surface area contributed by atoms with Gasteiger partial charge < -0.3 is 10.2 Å². The molecule has 1 heterocycles. The van der Waals surface area contributed by atoms with Crippen LogP contribution in [0.4, 0.5) is 0 Å². The van der Waals surface area contributed by atoms with Crippen molar-refractivity contribution < 1.29 is 9.59 Å². The Bertz CT molecular complexity index is 689. The van der Waals surface area contributed by atoms with Crippen LogP contribution in [-0.4, -0.2) is 29.3 Å². The summed E-state index contributed by atoms with van der Waals surface area (Å²) in [6.45, 7) is 9.68. The SMILES string of the molecule is CC(C)=C[C@@H]1[C@H](C(=O)N[C@H]2CCN(Cc3ccccc3)C2=O)C1(C)C. The molecule has 3 rings (SSSR count). The molecule has 1 aliphatic carbocycles. The maximum atomic E-state index is 12.7. The summed E-state index contributed by atoms with van der Waals surface area (Å²) in [4.78, 5) is 27.1. The van der Waals surface area contributed by atoms with Crippen molar-refractivity contribution in [3.8, 4) is 0 Å². The molecule has 1 N–H and O–H groups in total. The van der Waals surface area contributed by atoms with Crippen LogP contribution < -0.4 is 5.32 Å². The Morgan fingerprint density at radius 3 is 2.60 bits per heavy atom. The molecule has 0 aromatic heterocycles. The van der Waals surface area contributed by atoms with Gasteiger partial charge in [0.15, 0.2) is 0 Å². The fourth-order valence-electron chi connectivity index (χ4n) is 3.94. The van der Waals surface area contributed by atoms with Crippen LogP contribution in [0.1, 0.15) is 39.7 Å². The van der Waals surface area contributed by atoms with Gasteiger partial charge in [-0.1, -0.05) is 55.8 Å². The van der Waals surface area contributed by atoms with E-state index in [0.29, 0.717) is 19.5 Å². The van der Waals surface area contributed by atoms with Gasteiger partial charge in [-0.15, -0.1) is 0 Å². The molecule has 1 aliphatic heterocycles. The number of nitrogens with zero attached hydrogens (tertiary/aromatic N) is 1. The zero-order valence-corrected chi connectivity index (χ0v) is 15.6. The zero-order chi connectivity index (χ0) is 18.2. The third-order valence-corrected chi connectivity index (χ3v) is 5.54. The van der Waals surface area contributed by atoms with E-state index in [2.05, 4.69) is 39.1 Å². The first-order valence-corrected chi connectivity index (χ1v) is 9.09. The van der Waals surface area contributed by atoms with Gasteiger partial charge >= 0.3 is 0 Å². The van der Waals surface area contributed by atoms with Crippen LogP contribution in [0.3, 0.4) is 0 Å². The normalized spacial score (nSPS) is 27.1. The lowest BCUT2D eigenvalue weighted by Crippen LogP contribution is -2.42. The first-order valence-electron chi connectivity index (χ1n) is 9.09. The van der Waals surface area contributed by atoms with E-state index < -0.39 is 0 Å². The molecule has 0 spiro atoms. The number of carbonyl (C=O) groups is 2. The summed E-state index contributed by atoms with van der Waals surface area (Å²) in [5.41, 5.74) is 2.33. The number of hydrogen-bond donors (Lipinski definition) is 1. The first kappa shape index (κ1) is 17.7. The van der Waals surface area contributed by atoms with Gasteiger partial charge in [0.1, 0.15) is 6.04 Å². The standard InChI is InChI=1S/C21H28N2O2/c1-14(2)12-16-18(21(16,3)4)19(24)22-17-10-11-23(20(17)25)13-15-8-6-5-7-9-15/h5-9,12,16-18H,10-11,13H2,1-4H3,(H,22,24)/t16-,17+,18-/m1/s1. The average molecular weight is 340 g/mol. The Hall–Kier alpha value is -2.10. The van der Waals surface area contributed by atoms with Crippen LogP contribution in [0.5, 0.6) is 0 Å². The number of benzene rings is 1. The molecule has 2 fully saturated rings. The summed E-state index contributed by atoms with van der Waals surface area (Å²) in [5, 5.41) is 3.01. The van der Waals surface area contributed by atoms with Crippen molar-refractivity contribution in [1.82, 2.24) is 10.2 Å². The summed E-state index contributed by atoms with van der Waals surface area (Å²) >= 11 is 0. The molecule has 4 heteroatoms. The second kappa shape index (κ2) is 6.66. The molecular weight excluding hydrogens is 312 g/mol. The van der Waals surface area contributed by atoms with Crippen molar-refractivity contribution in [3.05, 3.63) is 47.5 Å². The van der Waals surface area contributed by atoms with Gasteiger partial charge in [-0.2, -0.15) is 0 Å². The zero-order valence-electron chi connectivity index (χ0n) is 15.6. The number of rotatable bonds is 5. The van der Waals surface area contributed by atoms with Crippen molar-refractivity contribution in [2.24, 2.45) is 17.3 Å². The van der Waals surface area contributed by atoms with Gasteiger partial charge in [-0.05, 0) is 37.2 Å². The summed E-state index contributed by atoms with van der Waals surface area (Å²) in [6, 6.07) is 9.60. The molecule has 0 radical (unpaired) electrons. The Labute approximate surface area is 150 Å². The van der Waals surface area contributed by atoms with Gasteiger partial charge in [0, 0.05) is 13.1 Å². The highest BCUT2D eigenvalue weighted by atomic mass is 16.2. The summed E-state index contributed by atoms with van der Waals surface area (Å²) in [7, 11) is 0. The maximum Gasteiger partial charge on any atom is 0.245 e. The summed E-state index contributed by atoms with van der Waals surface area (Å²) < 4.78 is 0. The number of hydrogen-bond acceptors (Lipinski definition) is 2. The van der Waals surface area contributed by atoms with E-state index in [1.54, 1.807) is 0 Å². The van der Waals surface area contributed by atoms with E-state index in [-0.39, 0.29) is 35.1 Å². The predicted octanol–water partition coefficient (Wildman–Crippen LogP) is 3.14. The van der Waals surface area contributed by atoms with Gasteiger partial charge in [-0.25, -0.2) is 0 Å². The third kappa shape index (κ3) is 3.63. The van der Waals surface area contributed by atoms with Gasteiger partial charge in [0.05, 0.1) is 5.92 Å². The third-order valence-electron chi connectivity index (χ3n) is 5.54. The molecular formula is C21H28N2O2. The van der Waals surface area contributed by atoms with Crippen LogP contribution >= 0.6 is 0 Å². The Morgan fingerprint density at radius 2 is 1.96 bits per heavy atom. The molecule has 4 nitrogen and oxygen atoms in total. The van der Waals surface area contributed by atoms with E-state index in [9.17, 15) is 9.59 Å². The summed E-state index contributed by atoms with van der Waals surface area (Å²) in [6.07, 6.45) is 2.88. The van der Waals surface area contributed by atoms with Crippen molar-refractivity contribution in [3.63, 3.8) is 0 Å². The molecule has 2 aliphatic rings. The number of allylic oxidation sites excluding steroid dienone is 2. The first-order chi connectivity index (χ1) is 11.8. The van der Waals surface area contributed by atoms with Crippen LogP contribution in [0.2, 0.25) is 0 Å². The number of carbonyl (C=O) groups excluding carboxylic acids is 2. The van der Waals surface area contributed by atoms with Crippen molar-refractivity contribution in [2.45, 2.75) is 46.7 Å². The average Bonchev–Trinajstić information content (AvgIpc) is 2.92. The van der Waals surface area contributed by atoms with E-state index >= 15 is 0 Å². The topological polar surface area (TPSA) is 49.4 Å². The molecule has 2 amide bonds. The fraction of sp³-hybridized carbons (Fsp3) is 0.524. The minimum absolute atomic E-state index is 0.0208. The quantitative estimate of drug-likeness (QED) is 0.837. The minimum atomic E-state index is -0.375. The van der Waals surface area contributed by atoms with Crippen molar-refractivity contribution in [1.29, 1.82) is 0 Å². The molecule has 1 aromatic rings. The van der Waals surface area contributed by atoms with Crippen LogP contribution in [0.15, 0.2) is 42.0 Å². The molecule has 25 heavy (non-hydrogen) atoms. The molecule has 0 bridgehead atoms. The highest BCUT2D eigenvalue weighted by Gasteiger charge is 2.60. The van der Waals surface area contributed by atoms with Crippen molar-refractivity contribution in [2.75, 3.05) is 6.54 Å². The summed E-state index contributed by atoms with van der Waals surface area (Å²) in [5.74, 6) is 0.301. The predicted molar refractivity (Wildman–Crippen MR) is 98.6 cm³/mol. The van der Waals surface area contributed by atoms with Gasteiger partial charge in [-0.3, -0.25) is 9.59 Å². The lowest BCUT2D eigenvalue weighted by molar-refractivity contribution is -0.133. The van der Waals surface area contributed by atoms with E-state index in [4.69, 9.17) is 0 Å². The molecule has 134 valence electrons. The Kier molecular flexibility index (Phi) is 4.72. The molecule has 0 unspecified atom stereocenters. The molecule has 3 atom stereocenters. The van der Waals surface area contributed by atoms with Crippen LogP contribution in [-0.2, 0) is 16.1 Å². The van der Waals surface area contributed by atoms with E-state index in [1.165, 1.54) is 5.57 Å². The smallest absolute Gasteiger partial charge is 0.245 e. The monoisotopic (exact) mass is 340 g/mol. The number of likely N-dealkylation sites (tertiary alicyclic amines) is 1. The Balaban J connectivity index is 1.58. The molecule has 1 saturated heterocycles. The van der Waals surface area contributed by atoms with E-state index in [0.717, 1.165) is 5.56 Å².